The second kappa shape index (κ2) is 6.87. The maximum Gasteiger partial charge on any atom is 0.123 e. The molecule has 1 aromatic rings. The molecule has 0 radical (unpaired) electrons. The highest BCUT2D eigenvalue weighted by Crippen LogP contribution is 2.20. The van der Waals surface area contributed by atoms with Crippen molar-refractivity contribution in [2.24, 2.45) is 0 Å². The highest BCUT2D eigenvalue weighted by Gasteiger charge is 2.13. The first kappa shape index (κ1) is 14.3. The summed E-state index contributed by atoms with van der Waals surface area (Å²) in [5, 5.41) is 3.10. The topological polar surface area (TPSA) is 18.5 Å². The average Bonchev–Trinajstić information content (AvgIpc) is 2.90. The van der Waals surface area contributed by atoms with Crippen molar-refractivity contribution in [1.29, 1.82) is 0 Å². The zero-order valence-corrected chi connectivity index (χ0v) is 12.0. The van der Waals surface area contributed by atoms with Crippen LogP contribution in [0.3, 0.4) is 0 Å². The van der Waals surface area contributed by atoms with Crippen molar-refractivity contribution >= 4 is 5.69 Å². The third-order valence-electron chi connectivity index (χ3n) is 3.77. The van der Waals surface area contributed by atoms with Crippen LogP contribution in [-0.4, -0.2) is 45.2 Å². The van der Waals surface area contributed by atoms with Crippen LogP contribution < -0.4 is 10.2 Å². The summed E-state index contributed by atoms with van der Waals surface area (Å²) in [5.41, 5.74) is 2.14. The van der Waals surface area contributed by atoms with Gasteiger partial charge in [-0.05, 0) is 56.7 Å². The molecule has 4 heteroatoms. The molecule has 0 amide bonds. The third kappa shape index (κ3) is 3.91. The van der Waals surface area contributed by atoms with Crippen molar-refractivity contribution in [2.45, 2.75) is 19.4 Å². The highest BCUT2D eigenvalue weighted by molar-refractivity contribution is 5.53. The van der Waals surface area contributed by atoms with E-state index >= 15 is 0 Å². The van der Waals surface area contributed by atoms with Crippen LogP contribution in [0.1, 0.15) is 18.4 Å². The predicted molar refractivity (Wildman–Crippen MR) is 78.1 cm³/mol. The maximum atomic E-state index is 13.3. The molecule has 1 N–H and O–H groups in total. The average molecular weight is 265 g/mol. The lowest BCUT2D eigenvalue weighted by Gasteiger charge is -2.25. The van der Waals surface area contributed by atoms with Crippen LogP contribution in [0.2, 0.25) is 0 Å². The fourth-order valence-electron chi connectivity index (χ4n) is 2.68. The van der Waals surface area contributed by atoms with Crippen molar-refractivity contribution in [1.82, 2.24) is 10.2 Å². The van der Waals surface area contributed by atoms with Crippen molar-refractivity contribution < 1.29 is 4.39 Å². The van der Waals surface area contributed by atoms with Gasteiger partial charge >= 0.3 is 0 Å². The smallest absolute Gasteiger partial charge is 0.123 e. The third-order valence-corrected chi connectivity index (χ3v) is 3.77. The zero-order chi connectivity index (χ0) is 13.7. The molecule has 1 saturated heterocycles. The van der Waals surface area contributed by atoms with Crippen LogP contribution >= 0.6 is 0 Å². The summed E-state index contributed by atoms with van der Waals surface area (Å²) in [7, 11) is 3.97. The van der Waals surface area contributed by atoms with Crippen molar-refractivity contribution in [3.63, 3.8) is 0 Å². The van der Waals surface area contributed by atoms with Gasteiger partial charge in [0.15, 0.2) is 0 Å². The lowest BCUT2D eigenvalue weighted by Crippen LogP contribution is -2.32. The van der Waals surface area contributed by atoms with Gasteiger partial charge in [0.25, 0.3) is 0 Å². The molecule has 2 rings (SSSR count). The van der Waals surface area contributed by atoms with Crippen molar-refractivity contribution in [2.75, 3.05) is 45.2 Å². The molecule has 1 aliphatic rings. The molecule has 0 aliphatic carbocycles. The van der Waals surface area contributed by atoms with E-state index in [1.807, 2.05) is 13.1 Å². The van der Waals surface area contributed by atoms with E-state index in [0.29, 0.717) is 6.54 Å². The molecule has 1 aromatic carbocycles. The Hall–Kier alpha value is -1.13. The summed E-state index contributed by atoms with van der Waals surface area (Å²) in [4.78, 5) is 4.72. The highest BCUT2D eigenvalue weighted by atomic mass is 19.1. The summed E-state index contributed by atoms with van der Waals surface area (Å²) in [5.74, 6) is -0.165. The van der Waals surface area contributed by atoms with E-state index in [-0.39, 0.29) is 5.82 Å². The van der Waals surface area contributed by atoms with Gasteiger partial charge in [0, 0.05) is 32.4 Å². The van der Waals surface area contributed by atoms with Crippen molar-refractivity contribution in [3.8, 4) is 0 Å². The van der Waals surface area contributed by atoms with E-state index in [1.165, 1.54) is 25.9 Å². The van der Waals surface area contributed by atoms with Crippen molar-refractivity contribution in [3.05, 3.63) is 29.6 Å². The van der Waals surface area contributed by atoms with Crippen LogP contribution in [-0.2, 0) is 6.54 Å². The summed E-state index contributed by atoms with van der Waals surface area (Å²) >= 11 is 0. The quantitative estimate of drug-likeness (QED) is 0.849. The van der Waals surface area contributed by atoms with Crippen LogP contribution in [0.25, 0.3) is 0 Å². The van der Waals surface area contributed by atoms with Gasteiger partial charge in [-0.1, -0.05) is 0 Å². The second-order valence-electron chi connectivity index (χ2n) is 5.27. The van der Waals surface area contributed by atoms with E-state index in [4.69, 9.17) is 0 Å². The molecule has 0 bridgehead atoms. The molecule has 0 spiro atoms. The Balaban J connectivity index is 1.98. The first-order chi connectivity index (χ1) is 9.20. The summed E-state index contributed by atoms with van der Waals surface area (Å²) < 4.78 is 13.3. The molecule has 3 nitrogen and oxygen atoms in total. The number of likely N-dealkylation sites (N-methyl/N-ethyl adjacent to an activating group) is 1. The number of rotatable bonds is 6. The predicted octanol–water partition coefficient (Wildman–Crippen LogP) is 2.08. The Morgan fingerprint density at radius 2 is 2.05 bits per heavy atom. The van der Waals surface area contributed by atoms with E-state index in [2.05, 4.69) is 22.2 Å². The zero-order valence-electron chi connectivity index (χ0n) is 12.0. The molecule has 0 aromatic heterocycles. The summed E-state index contributed by atoms with van der Waals surface area (Å²) in [6.45, 7) is 5.22. The standard InChI is InChI=1S/C15H24FN3/c1-17-12-13-11-14(16)5-6-15(13)18(2)9-10-19-7-3-4-8-19/h5-6,11,17H,3-4,7-10,12H2,1-2H3. The molecule has 0 unspecified atom stereocenters. The monoisotopic (exact) mass is 265 g/mol. The lowest BCUT2D eigenvalue weighted by atomic mass is 10.1. The van der Waals surface area contributed by atoms with E-state index in [9.17, 15) is 4.39 Å². The van der Waals surface area contributed by atoms with Gasteiger partial charge < -0.3 is 15.1 Å². The first-order valence-corrected chi connectivity index (χ1v) is 7.07. The molecule has 1 fully saturated rings. The molecule has 1 heterocycles. The number of benzene rings is 1. The normalized spacial score (nSPS) is 15.9. The van der Waals surface area contributed by atoms with Gasteiger partial charge in [-0.15, -0.1) is 0 Å². The lowest BCUT2D eigenvalue weighted by molar-refractivity contribution is 0.346. The van der Waals surface area contributed by atoms with Gasteiger partial charge in [0.2, 0.25) is 0 Å². The first-order valence-electron chi connectivity index (χ1n) is 7.07. The Kier molecular flexibility index (Phi) is 5.16. The number of hydrogen-bond acceptors (Lipinski definition) is 3. The number of hydrogen-bond donors (Lipinski definition) is 1. The molecule has 0 atom stereocenters. The molecule has 106 valence electrons. The minimum Gasteiger partial charge on any atom is -0.373 e. The fourth-order valence-corrected chi connectivity index (χ4v) is 2.68. The van der Waals surface area contributed by atoms with Gasteiger partial charge in [0.05, 0.1) is 0 Å². The van der Waals surface area contributed by atoms with Crippen LogP contribution in [0.5, 0.6) is 0 Å². The SMILES string of the molecule is CNCc1cc(F)ccc1N(C)CCN1CCCC1. The van der Waals surface area contributed by atoms with Gasteiger partial charge in [0.1, 0.15) is 5.82 Å². The van der Waals surface area contributed by atoms with Gasteiger partial charge in [-0.25, -0.2) is 4.39 Å². The van der Waals surface area contributed by atoms with E-state index < -0.39 is 0 Å². The number of halogens is 1. The number of likely N-dealkylation sites (tertiary alicyclic amines) is 1. The Bertz CT molecular complexity index is 402. The number of nitrogens with zero attached hydrogens (tertiary/aromatic N) is 2. The Morgan fingerprint density at radius 1 is 1.32 bits per heavy atom. The second-order valence-corrected chi connectivity index (χ2v) is 5.27. The Morgan fingerprint density at radius 3 is 2.74 bits per heavy atom. The number of nitrogens with one attached hydrogen (secondary N) is 1. The van der Waals surface area contributed by atoms with Crippen LogP contribution in [0.15, 0.2) is 18.2 Å². The molecule has 19 heavy (non-hydrogen) atoms. The minimum atomic E-state index is -0.165. The maximum absolute atomic E-state index is 13.3. The molecule has 1 aliphatic heterocycles. The van der Waals surface area contributed by atoms with E-state index in [1.54, 1.807) is 12.1 Å². The van der Waals surface area contributed by atoms with Crippen LogP contribution in [0, 0.1) is 5.82 Å². The molecular weight excluding hydrogens is 241 g/mol. The Labute approximate surface area is 115 Å². The van der Waals surface area contributed by atoms with E-state index in [0.717, 1.165) is 24.3 Å². The number of anilines is 1. The molecule has 0 saturated carbocycles. The summed E-state index contributed by atoms with van der Waals surface area (Å²) in [6.07, 6.45) is 2.65. The largest absolute Gasteiger partial charge is 0.373 e. The minimum absolute atomic E-state index is 0.165. The summed E-state index contributed by atoms with van der Waals surface area (Å²) in [6, 6.07) is 5.05. The fraction of sp³-hybridized carbons (Fsp3) is 0.600. The van der Waals surface area contributed by atoms with Crippen LogP contribution in [0.4, 0.5) is 10.1 Å². The van der Waals surface area contributed by atoms with Gasteiger partial charge in [-0.2, -0.15) is 0 Å². The van der Waals surface area contributed by atoms with Gasteiger partial charge in [-0.3, -0.25) is 0 Å². The molecular formula is C15H24FN3.